The number of hydrogen-bond acceptors (Lipinski definition) is 4. The fourth-order valence-corrected chi connectivity index (χ4v) is 4.60. The van der Waals surface area contributed by atoms with E-state index in [4.69, 9.17) is 16.3 Å². The number of aromatic nitrogens is 2. The predicted molar refractivity (Wildman–Crippen MR) is 100 cm³/mol. The molecular formula is C19H17ClN2O2S. The van der Waals surface area contributed by atoms with Crippen LogP contribution in [0.25, 0.3) is 21.7 Å². The maximum absolute atomic E-state index is 12.8. The Hall–Kier alpha value is -2.11. The van der Waals surface area contributed by atoms with E-state index < -0.39 is 0 Å². The van der Waals surface area contributed by atoms with Crippen molar-refractivity contribution in [2.75, 3.05) is 6.61 Å². The molecule has 0 radical (unpaired) electrons. The van der Waals surface area contributed by atoms with Gasteiger partial charge in [0.15, 0.2) is 0 Å². The molecule has 3 aromatic heterocycles. The molecule has 4 heterocycles. The number of fused-ring (bicyclic) bond motifs is 1. The van der Waals surface area contributed by atoms with Crippen LogP contribution >= 0.6 is 22.9 Å². The second-order valence-corrected chi connectivity index (χ2v) is 7.58. The highest BCUT2D eigenvalue weighted by Crippen LogP contribution is 2.44. The highest BCUT2D eigenvalue weighted by atomic mass is 35.5. The molecule has 4 nitrogen and oxygen atoms in total. The molecule has 0 aliphatic carbocycles. The summed E-state index contributed by atoms with van der Waals surface area (Å²) in [5.74, 6) is -0.256. The van der Waals surface area contributed by atoms with E-state index in [1.807, 2.05) is 31.2 Å². The standard InChI is InChI=1S/C19H17ClN2O2S/c1-2-24-19(23)17-13-4-3-11-22(13)18(14-5-6-15(20)25-14)16(17)12-7-9-21-10-8-12/h5-10H,2-4,11H2,1H3. The van der Waals surface area contributed by atoms with Crippen molar-refractivity contribution in [2.24, 2.45) is 0 Å². The van der Waals surface area contributed by atoms with Gasteiger partial charge in [-0.3, -0.25) is 4.98 Å². The zero-order chi connectivity index (χ0) is 17.4. The molecule has 0 saturated carbocycles. The van der Waals surface area contributed by atoms with Crippen molar-refractivity contribution in [1.82, 2.24) is 9.55 Å². The number of carbonyl (C=O) groups excluding carboxylic acids is 1. The molecule has 0 saturated heterocycles. The van der Waals surface area contributed by atoms with Crippen LogP contribution in [0.15, 0.2) is 36.7 Å². The zero-order valence-electron chi connectivity index (χ0n) is 13.8. The summed E-state index contributed by atoms with van der Waals surface area (Å²) in [6, 6.07) is 7.80. The van der Waals surface area contributed by atoms with Crippen molar-refractivity contribution in [3.8, 4) is 21.7 Å². The summed E-state index contributed by atoms with van der Waals surface area (Å²) < 4.78 is 8.37. The second-order valence-electron chi connectivity index (χ2n) is 5.86. The smallest absolute Gasteiger partial charge is 0.340 e. The molecule has 0 N–H and O–H groups in total. The molecule has 128 valence electrons. The van der Waals surface area contributed by atoms with Crippen LogP contribution in [0.2, 0.25) is 4.34 Å². The van der Waals surface area contributed by atoms with Gasteiger partial charge in [0.05, 0.1) is 27.1 Å². The number of thiophene rings is 1. The number of ether oxygens (including phenoxy) is 1. The summed E-state index contributed by atoms with van der Waals surface area (Å²) in [7, 11) is 0. The maximum atomic E-state index is 12.8. The van der Waals surface area contributed by atoms with E-state index in [0.717, 1.165) is 51.1 Å². The van der Waals surface area contributed by atoms with E-state index >= 15 is 0 Å². The first-order valence-electron chi connectivity index (χ1n) is 8.29. The lowest BCUT2D eigenvalue weighted by Gasteiger charge is -2.09. The molecule has 0 atom stereocenters. The molecule has 0 spiro atoms. The van der Waals surface area contributed by atoms with E-state index in [1.165, 1.54) is 11.3 Å². The molecule has 0 aromatic carbocycles. The number of nitrogens with zero attached hydrogens (tertiary/aromatic N) is 2. The van der Waals surface area contributed by atoms with Gasteiger partial charge in [0, 0.05) is 30.2 Å². The molecule has 25 heavy (non-hydrogen) atoms. The molecule has 0 amide bonds. The summed E-state index contributed by atoms with van der Waals surface area (Å²) in [5, 5.41) is 0. The van der Waals surface area contributed by atoms with E-state index in [9.17, 15) is 4.79 Å². The van der Waals surface area contributed by atoms with Crippen molar-refractivity contribution < 1.29 is 9.53 Å². The van der Waals surface area contributed by atoms with Crippen LogP contribution in [0.1, 0.15) is 29.4 Å². The Bertz CT molecular complexity index is 931. The number of esters is 1. The second kappa shape index (κ2) is 6.65. The van der Waals surface area contributed by atoms with Gasteiger partial charge in [-0.25, -0.2) is 4.79 Å². The minimum absolute atomic E-state index is 0.256. The lowest BCUT2D eigenvalue weighted by Crippen LogP contribution is -2.07. The monoisotopic (exact) mass is 372 g/mol. The molecule has 1 aliphatic rings. The number of carbonyl (C=O) groups is 1. The quantitative estimate of drug-likeness (QED) is 0.601. The highest BCUT2D eigenvalue weighted by Gasteiger charge is 2.32. The van der Waals surface area contributed by atoms with E-state index in [-0.39, 0.29) is 5.97 Å². The van der Waals surface area contributed by atoms with Gasteiger partial charge in [0.25, 0.3) is 0 Å². The highest BCUT2D eigenvalue weighted by molar-refractivity contribution is 7.19. The van der Waals surface area contributed by atoms with Crippen molar-refractivity contribution in [1.29, 1.82) is 0 Å². The summed E-state index contributed by atoms with van der Waals surface area (Å²) >= 11 is 7.72. The van der Waals surface area contributed by atoms with E-state index in [0.29, 0.717) is 12.2 Å². The average Bonchev–Trinajstić information content (AvgIpc) is 3.30. The van der Waals surface area contributed by atoms with Crippen molar-refractivity contribution in [2.45, 2.75) is 26.3 Å². The number of halogens is 1. The number of pyridine rings is 1. The first kappa shape index (κ1) is 16.4. The third kappa shape index (κ3) is 2.77. The largest absolute Gasteiger partial charge is 0.462 e. The molecule has 6 heteroatoms. The van der Waals surface area contributed by atoms with Gasteiger partial charge < -0.3 is 9.30 Å². The fraction of sp³-hybridized carbons (Fsp3) is 0.263. The van der Waals surface area contributed by atoms with Crippen LogP contribution in [0, 0.1) is 0 Å². The van der Waals surface area contributed by atoms with Crippen LogP contribution < -0.4 is 0 Å². The van der Waals surface area contributed by atoms with Gasteiger partial charge in [-0.15, -0.1) is 11.3 Å². The Morgan fingerprint density at radius 3 is 2.80 bits per heavy atom. The molecular weight excluding hydrogens is 356 g/mol. The predicted octanol–water partition coefficient (Wildman–Crippen LogP) is 5.05. The van der Waals surface area contributed by atoms with Crippen LogP contribution in [0.5, 0.6) is 0 Å². The van der Waals surface area contributed by atoms with Gasteiger partial charge in [0.2, 0.25) is 0 Å². The SMILES string of the molecule is CCOC(=O)c1c(-c2ccncc2)c(-c2ccc(Cl)s2)n2c1CCC2. The van der Waals surface area contributed by atoms with Gasteiger partial charge in [-0.2, -0.15) is 0 Å². The molecule has 0 fully saturated rings. The third-order valence-corrected chi connectivity index (χ3v) is 5.66. The number of rotatable bonds is 4. The van der Waals surface area contributed by atoms with Crippen LogP contribution in [0.3, 0.4) is 0 Å². The first-order chi connectivity index (χ1) is 12.2. The average molecular weight is 373 g/mol. The lowest BCUT2D eigenvalue weighted by atomic mass is 9.99. The Labute approximate surface area is 155 Å². The Morgan fingerprint density at radius 2 is 2.12 bits per heavy atom. The minimum Gasteiger partial charge on any atom is -0.462 e. The normalized spacial score (nSPS) is 13.0. The van der Waals surface area contributed by atoms with Gasteiger partial charge in [-0.1, -0.05) is 11.6 Å². The maximum Gasteiger partial charge on any atom is 0.340 e. The summed E-state index contributed by atoms with van der Waals surface area (Å²) in [5.41, 5.74) is 4.70. The van der Waals surface area contributed by atoms with Gasteiger partial charge in [0.1, 0.15) is 0 Å². The number of hydrogen-bond donors (Lipinski definition) is 0. The fourth-order valence-electron chi connectivity index (χ4n) is 3.50. The summed E-state index contributed by atoms with van der Waals surface area (Å²) in [4.78, 5) is 18.0. The van der Waals surface area contributed by atoms with Gasteiger partial charge >= 0.3 is 5.97 Å². The van der Waals surface area contributed by atoms with Crippen LogP contribution in [-0.2, 0) is 17.7 Å². The summed E-state index contributed by atoms with van der Waals surface area (Å²) in [6.07, 6.45) is 5.41. The van der Waals surface area contributed by atoms with Crippen molar-refractivity contribution in [3.05, 3.63) is 52.3 Å². The molecule has 0 unspecified atom stereocenters. The Morgan fingerprint density at radius 1 is 1.32 bits per heavy atom. The van der Waals surface area contributed by atoms with E-state index in [2.05, 4.69) is 9.55 Å². The molecule has 3 aromatic rings. The topological polar surface area (TPSA) is 44.1 Å². The third-order valence-electron chi connectivity index (χ3n) is 4.42. The van der Waals surface area contributed by atoms with Crippen molar-refractivity contribution >= 4 is 28.9 Å². The summed E-state index contributed by atoms with van der Waals surface area (Å²) in [6.45, 7) is 3.09. The molecule has 1 aliphatic heterocycles. The van der Waals surface area contributed by atoms with Crippen molar-refractivity contribution in [3.63, 3.8) is 0 Å². The minimum atomic E-state index is -0.256. The molecule has 0 bridgehead atoms. The van der Waals surface area contributed by atoms with E-state index in [1.54, 1.807) is 12.4 Å². The van der Waals surface area contributed by atoms with Crippen LogP contribution in [0.4, 0.5) is 0 Å². The molecule has 4 rings (SSSR count). The Kier molecular flexibility index (Phi) is 4.36. The Balaban J connectivity index is 2.03. The lowest BCUT2D eigenvalue weighted by molar-refractivity contribution is 0.0526. The van der Waals surface area contributed by atoms with Gasteiger partial charge in [-0.05, 0) is 49.6 Å². The van der Waals surface area contributed by atoms with Crippen LogP contribution in [-0.4, -0.2) is 22.1 Å². The first-order valence-corrected chi connectivity index (χ1v) is 9.48. The zero-order valence-corrected chi connectivity index (χ0v) is 15.4.